The molecule has 6 nitrogen and oxygen atoms in total. The van der Waals surface area contributed by atoms with Gasteiger partial charge in [-0.3, -0.25) is 4.90 Å². The molecule has 0 saturated carbocycles. The van der Waals surface area contributed by atoms with Gasteiger partial charge in [0.15, 0.2) is 0 Å². The molecule has 0 saturated heterocycles. The Morgan fingerprint density at radius 1 is 1.71 bits per heavy atom. The minimum absolute atomic E-state index is 0.267. The molecule has 1 heterocycles. The van der Waals surface area contributed by atoms with Gasteiger partial charge >= 0.3 is 6.09 Å². The highest BCUT2D eigenvalue weighted by Gasteiger charge is 2.11. The minimum Gasteiger partial charge on any atom is -0.494 e. The Bertz CT molecular complexity index is 354. The first-order chi connectivity index (χ1) is 6.56. The van der Waals surface area contributed by atoms with Crippen LogP contribution < -0.4 is 15.4 Å². The number of rotatable bonds is 2. The van der Waals surface area contributed by atoms with Gasteiger partial charge in [0.1, 0.15) is 11.6 Å². The molecule has 1 aromatic heterocycles. The summed E-state index contributed by atoms with van der Waals surface area (Å²) in [4.78, 5) is 15.4. The molecule has 0 spiro atoms. The highest BCUT2D eigenvalue weighted by Crippen LogP contribution is 2.24. The summed E-state index contributed by atoms with van der Waals surface area (Å²) in [6.07, 6.45) is 0.262. The molecular formula is C8H11N3O3. The Morgan fingerprint density at radius 3 is 2.86 bits per heavy atom. The van der Waals surface area contributed by atoms with Crippen molar-refractivity contribution >= 4 is 17.6 Å². The maximum absolute atomic E-state index is 10.6. The zero-order chi connectivity index (χ0) is 10.7. The maximum Gasteiger partial charge on any atom is 0.412 e. The number of carbonyl (C=O) groups is 1. The van der Waals surface area contributed by atoms with E-state index < -0.39 is 6.09 Å². The van der Waals surface area contributed by atoms with Crippen LogP contribution in [0.15, 0.2) is 12.3 Å². The van der Waals surface area contributed by atoms with E-state index in [-0.39, 0.29) is 5.82 Å². The summed E-state index contributed by atoms with van der Waals surface area (Å²) in [5.74, 6) is 0.673. The molecule has 3 N–H and O–H groups in total. The van der Waals surface area contributed by atoms with Crippen LogP contribution in [0.3, 0.4) is 0 Å². The van der Waals surface area contributed by atoms with Crippen LogP contribution in [0.4, 0.5) is 16.3 Å². The Kier molecular flexibility index (Phi) is 2.76. The van der Waals surface area contributed by atoms with Gasteiger partial charge in [0.05, 0.1) is 19.0 Å². The van der Waals surface area contributed by atoms with Gasteiger partial charge in [0, 0.05) is 13.1 Å². The third kappa shape index (κ3) is 1.85. The van der Waals surface area contributed by atoms with Crippen LogP contribution in [0.5, 0.6) is 5.75 Å². The van der Waals surface area contributed by atoms with Crippen LogP contribution in [-0.2, 0) is 0 Å². The lowest BCUT2D eigenvalue weighted by atomic mass is 10.3. The van der Waals surface area contributed by atoms with Crippen molar-refractivity contribution in [3.63, 3.8) is 0 Å². The number of carboxylic acid groups (broad SMARTS) is 1. The standard InChI is InChI=1S/C8H11N3O3/c1-11(8(12)13)7-3-6(14-2)5(9)4-10-7/h3-4H,9H2,1-2H3,(H,12,13). The number of nitrogens with zero attached hydrogens (tertiary/aromatic N) is 2. The second-order valence-corrected chi connectivity index (χ2v) is 2.63. The molecular weight excluding hydrogens is 186 g/mol. The van der Waals surface area contributed by atoms with Gasteiger partial charge in [-0.25, -0.2) is 9.78 Å². The van der Waals surface area contributed by atoms with Gasteiger partial charge in [-0.2, -0.15) is 0 Å². The van der Waals surface area contributed by atoms with Crippen LogP contribution in [0, 0.1) is 0 Å². The van der Waals surface area contributed by atoms with Crippen molar-refractivity contribution in [1.29, 1.82) is 0 Å². The lowest BCUT2D eigenvalue weighted by Crippen LogP contribution is -2.24. The van der Waals surface area contributed by atoms with E-state index in [1.165, 1.54) is 26.4 Å². The molecule has 0 aromatic carbocycles. The van der Waals surface area contributed by atoms with Crippen molar-refractivity contribution in [2.75, 3.05) is 24.8 Å². The highest BCUT2D eigenvalue weighted by atomic mass is 16.5. The molecule has 6 heteroatoms. The monoisotopic (exact) mass is 197 g/mol. The third-order valence-electron chi connectivity index (χ3n) is 1.73. The van der Waals surface area contributed by atoms with E-state index in [4.69, 9.17) is 15.6 Å². The van der Waals surface area contributed by atoms with Crippen LogP contribution >= 0.6 is 0 Å². The van der Waals surface area contributed by atoms with Crippen molar-refractivity contribution in [3.05, 3.63) is 12.3 Å². The van der Waals surface area contributed by atoms with Gasteiger partial charge < -0.3 is 15.6 Å². The summed E-state index contributed by atoms with van der Waals surface area (Å²) < 4.78 is 4.93. The number of hydrogen-bond acceptors (Lipinski definition) is 4. The van der Waals surface area contributed by atoms with E-state index in [1.54, 1.807) is 0 Å². The van der Waals surface area contributed by atoms with E-state index in [2.05, 4.69) is 4.98 Å². The summed E-state index contributed by atoms with van der Waals surface area (Å²) in [7, 11) is 2.84. The zero-order valence-corrected chi connectivity index (χ0v) is 7.89. The Balaban J connectivity index is 3.06. The average molecular weight is 197 g/mol. The molecule has 0 aliphatic rings. The molecule has 0 aliphatic carbocycles. The fourth-order valence-corrected chi connectivity index (χ4v) is 0.895. The lowest BCUT2D eigenvalue weighted by molar-refractivity contribution is 0.203. The van der Waals surface area contributed by atoms with Crippen molar-refractivity contribution in [3.8, 4) is 5.75 Å². The third-order valence-corrected chi connectivity index (χ3v) is 1.73. The average Bonchev–Trinajstić information content (AvgIpc) is 2.17. The lowest BCUT2D eigenvalue weighted by Gasteiger charge is -2.13. The molecule has 0 atom stereocenters. The fraction of sp³-hybridized carbons (Fsp3) is 0.250. The summed E-state index contributed by atoms with van der Waals surface area (Å²) in [6.45, 7) is 0. The first-order valence-electron chi connectivity index (χ1n) is 3.82. The second-order valence-electron chi connectivity index (χ2n) is 2.63. The van der Waals surface area contributed by atoms with E-state index in [1.807, 2.05) is 0 Å². The van der Waals surface area contributed by atoms with Crippen LogP contribution in [0.1, 0.15) is 0 Å². The van der Waals surface area contributed by atoms with Gasteiger partial charge in [-0.05, 0) is 0 Å². The zero-order valence-electron chi connectivity index (χ0n) is 7.89. The van der Waals surface area contributed by atoms with E-state index in [0.717, 1.165) is 4.90 Å². The molecule has 14 heavy (non-hydrogen) atoms. The molecule has 0 fully saturated rings. The predicted molar refractivity (Wildman–Crippen MR) is 51.6 cm³/mol. The highest BCUT2D eigenvalue weighted by molar-refractivity contribution is 5.84. The van der Waals surface area contributed by atoms with E-state index in [0.29, 0.717) is 11.4 Å². The number of nitrogen functional groups attached to an aromatic ring is 1. The van der Waals surface area contributed by atoms with Crippen LogP contribution in [0.25, 0.3) is 0 Å². The topological polar surface area (TPSA) is 88.7 Å². The Hall–Kier alpha value is -1.98. The molecule has 0 radical (unpaired) electrons. The SMILES string of the molecule is COc1cc(N(C)C(=O)O)ncc1N. The number of anilines is 2. The van der Waals surface area contributed by atoms with E-state index in [9.17, 15) is 4.79 Å². The number of ether oxygens (including phenoxy) is 1. The smallest absolute Gasteiger partial charge is 0.412 e. The molecule has 76 valence electrons. The Morgan fingerprint density at radius 2 is 2.36 bits per heavy atom. The molecule has 0 unspecified atom stereocenters. The molecule has 0 aliphatic heterocycles. The summed E-state index contributed by atoms with van der Waals surface area (Å²) >= 11 is 0. The van der Waals surface area contributed by atoms with Gasteiger partial charge in [0.25, 0.3) is 0 Å². The number of methoxy groups -OCH3 is 1. The maximum atomic E-state index is 10.6. The van der Waals surface area contributed by atoms with Crippen molar-refractivity contribution in [2.24, 2.45) is 0 Å². The number of amides is 1. The number of pyridine rings is 1. The second kappa shape index (κ2) is 3.82. The van der Waals surface area contributed by atoms with Gasteiger partial charge in [0.2, 0.25) is 0 Å². The van der Waals surface area contributed by atoms with Gasteiger partial charge in [-0.15, -0.1) is 0 Å². The van der Waals surface area contributed by atoms with Crippen molar-refractivity contribution in [2.45, 2.75) is 0 Å². The normalized spacial score (nSPS) is 9.57. The van der Waals surface area contributed by atoms with Crippen molar-refractivity contribution < 1.29 is 14.6 Å². The predicted octanol–water partition coefficient (Wildman–Crippen LogP) is 0.787. The molecule has 1 aromatic rings. The first-order valence-corrected chi connectivity index (χ1v) is 3.82. The summed E-state index contributed by atoms with van der Waals surface area (Å²) in [5, 5.41) is 8.68. The molecule has 1 amide bonds. The largest absolute Gasteiger partial charge is 0.494 e. The van der Waals surface area contributed by atoms with E-state index >= 15 is 0 Å². The van der Waals surface area contributed by atoms with Gasteiger partial charge in [-0.1, -0.05) is 0 Å². The summed E-state index contributed by atoms with van der Waals surface area (Å²) in [6, 6.07) is 1.46. The fourth-order valence-electron chi connectivity index (χ4n) is 0.895. The number of hydrogen-bond donors (Lipinski definition) is 2. The number of aromatic nitrogens is 1. The quantitative estimate of drug-likeness (QED) is 0.731. The van der Waals surface area contributed by atoms with Crippen LogP contribution in [-0.4, -0.2) is 30.3 Å². The minimum atomic E-state index is -1.09. The first kappa shape index (κ1) is 10.1. The molecule has 0 bridgehead atoms. The Labute approximate surface area is 80.9 Å². The molecule has 1 rings (SSSR count). The van der Waals surface area contributed by atoms with Crippen LogP contribution in [0.2, 0.25) is 0 Å². The van der Waals surface area contributed by atoms with Crippen molar-refractivity contribution in [1.82, 2.24) is 4.98 Å². The number of nitrogens with two attached hydrogens (primary N) is 1. The summed E-state index contributed by atoms with van der Waals surface area (Å²) in [5.41, 5.74) is 5.89.